The molecule has 66 valence electrons. The highest BCUT2D eigenvalue weighted by Crippen LogP contribution is 2.14. The standard InChI is InChI=1S/C9H12INO/c1-2-9(11)12-8-5-3-7(10)4-6-8/h3-6,9H,2,11H2,1H3. The van der Waals surface area contributed by atoms with Crippen molar-refractivity contribution in [3.8, 4) is 5.75 Å². The van der Waals surface area contributed by atoms with Crippen LogP contribution in [0.4, 0.5) is 0 Å². The number of halogens is 1. The molecule has 2 nitrogen and oxygen atoms in total. The van der Waals surface area contributed by atoms with E-state index >= 15 is 0 Å². The summed E-state index contributed by atoms with van der Waals surface area (Å²) in [6, 6.07) is 7.85. The minimum absolute atomic E-state index is 0.190. The van der Waals surface area contributed by atoms with Gasteiger partial charge in [-0.2, -0.15) is 0 Å². The Morgan fingerprint density at radius 3 is 2.50 bits per heavy atom. The van der Waals surface area contributed by atoms with Crippen LogP contribution in [-0.2, 0) is 0 Å². The first-order valence-electron chi connectivity index (χ1n) is 3.90. The number of nitrogens with two attached hydrogens (primary N) is 1. The molecule has 1 unspecified atom stereocenters. The molecule has 0 heterocycles. The van der Waals surface area contributed by atoms with Crippen molar-refractivity contribution in [2.75, 3.05) is 0 Å². The Morgan fingerprint density at radius 2 is 2.00 bits per heavy atom. The molecular weight excluding hydrogens is 265 g/mol. The third kappa shape index (κ3) is 2.98. The summed E-state index contributed by atoms with van der Waals surface area (Å²) < 4.78 is 6.59. The lowest BCUT2D eigenvalue weighted by molar-refractivity contribution is 0.205. The van der Waals surface area contributed by atoms with E-state index in [1.165, 1.54) is 3.57 Å². The summed E-state index contributed by atoms with van der Waals surface area (Å²) in [6.07, 6.45) is 0.636. The first-order chi connectivity index (χ1) is 5.72. The second kappa shape index (κ2) is 4.67. The van der Waals surface area contributed by atoms with Crippen LogP contribution in [0.25, 0.3) is 0 Å². The zero-order valence-electron chi connectivity index (χ0n) is 6.96. The van der Waals surface area contributed by atoms with Crippen molar-refractivity contribution < 1.29 is 4.74 Å². The van der Waals surface area contributed by atoms with Crippen LogP contribution in [-0.4, -0.2) is 6.23 Å². The van der Waals surface area contributed by atoms with Crippen molar-refractivity contribution in [1.82, 2.24) is 0 Å². The quantitative estimate of drug-likeness (QED) is 0.680. The molecule has 1 rings (SSSR count). The molecule has 1 aromatic rings. The number of benzene rings is 1. The fourth-order valence-corrected chi connectivity index (χ4v) is 1.13. The van der Waals surface area contributed by atoms with Crippen LogP contribution in [0.1, 0.15) is 13.3 Å². The average Bonchev–Trinajstić information content (AvgIpc) is 2.09. The number of hydrogen-bond acceptors (Lipinski definition) is 2. The van der Waals surface area contributed by atoms with E-state index in [1.807, 2.05) is 31.2 Å². The molecule has 0 radical (unpaired) electrons. The summed E-state index contributed by atoms with van der Waals surface area (Å²) in [4.78, 5) is 0. The summed E-state index contributed by atoms with van der Waals surface area (Å²) in [5.74, 6) is 0.838. The van der Waals surface area contributed by atoms with Crippen molar-refractivity contribution >= 4 is 22.6 Å². The Morgan fingerprint density at radius 1 is 1.42 bits per heavy atom. The molecule has 3 heteroatoms. The van der Waals surface area contributed by atoms with Gasteiger partial charge in [-0.15, -0.1) is 0 Å². The average molecular weight is 277 g/mol. The summed E-state index contributed by atoms with van der Waals surface area (Å²) >= 11 is 2.25. The minimum Gasteiger partial charge on any atom is -0.476 e. The Labute approximate surface area is 86.2 Å². The Bertz CT molecular complexity index is 235. The lowest BCUT2D eigenvalue weighted by Gasteiger charge is -2.11. The number of ether oxygens (including phenoxy) is 1. The Balaban J connectivity index is 2.58. The van der Waals surface area contributed by atoms with Gasteiger partial charge in [0.2, 0.25) is 0 Å². The summed E-state index contributed by atoms with van der Waals surface area (Å²) in [6.45, 7) is 2.00. The molecule has 1 atom stereocenters. The zero-order valence-corrected chi connectivity index (χ0v) is 9.11. The largest absolute Gasteiger partial charge is 0.476 e. The number of rotatable bonds is 3. The van der Waals surface area contributed by atoms with E-state index in [0.717, 1.165) is 12.2 Å². The third-order valence-electron chi connectivity index (χ3n) is 1.50. The first kappa shape index (κ1) is 9.80. The molecule has 0 aliphatic carbocycles. The van der Waals surface area contributed by atoms with E-state index < -0.39 is 0 Å². The predicted octanol–water partition coefficient (Wildman–Crippen LogP) is 2.36. The van der Waals surface area contributed by atoms with Gasteiger partial charge < -0.3 is 4.74 Å². The van der Waals surface area contributed by atoms with Gasteiger partial charge in [-0.1, -0.05) is 6.92 Å². The van der Waals surface area contributed by atoms with Gasteiger partial charge in [0, 0.05) is 3.57 Å². The molecule has 0 amide bonds. The molecular formula is C9H12INO. The van der Waals surface area contributed by atoms with Crippen molar-refractivity contribution in [2.45, 2.75) is 19.6 Å². The normalized spacial score (nSPS) is 12.6. The molecule has 0 aliphatic rings. The predicted molar refractivity (Wildman–Crippen MR) is 58.1 cm³/mol. The van der Waals surface area contributed by atoms with Gasteiger partial charge in [-0.05, 0) is 53.3 Å². The minimum atomic E-state index is -0.190. The Hall–Kier alpha value is -0.290. The summed E-state index contributed by atoms with van der Waals surface area (Å²) in [5, 5.41) is 0. The molecule has 12 heavy (non-hydrogen) atoms. The maximum atomic E-state index is 5.62. The topological polar surface area (TPSA) is 35.2 Å². The first-order valence-corrected chi connectivity index (χ1v) is 4.98. The lowest BCUT2D eigenvalue weighted by atomic mass is 10.3. The summed E-state index contributed by atoms with van der Waals surface area (Å²) in [7, 11) is 0. The van der Waals surface area contributed by atoms with Crippen LogP contribution in [0, 0.1) is 3.57 Å². The van der Waals surface area contributed by atoms with E-state index in [9.17, 15) is 0 Å². The third-order valence-corrected chi connectivity index (χ3v) is 2.22. The van der Waals surface area contributed by atoms with Crippen LogP contribution >= 0.6 is 22.6 Å². The van der Waals surface area contributed by atoms with Crippen molar-refractivity contribution in [1.29, 1.82) is 0 Å². The van der Waals surface area contributed by atoms with E-state index in [-0.39, 0.29) is 6.23 Å². The molecule has 0 saturated heterocycles. The smallest absolute Gasteiger partial charge is 0.147 e. The maximum absolute atomic E-state index is 5.62. The Kier molecular flexibility index (Phi) is 3.81. The fourth-order valence-electron chi connectivity index (χ4n) is 0.771. The van der Waals surface area contributed by atoms with E-state index in [4.69, 9.17) is 10.5 Å². The molecule has 0 saturated carbocycles. The van der Waals surface area contributed by atoms with Crippen LogP contribution in [0.5, 0.6) is 5.75 Å². The maximum Gasteiger partial charge on any atom is 0.147 e. The molecule has 2 N–H and O–H groups in total. The van der Waals surface area contributed by atoms with Gasteiger partial charge in [-0.25, -0.2) is 0 Å². The SMILES string of the molecule is CCC(N)Oc1ccc(I)cc1. The van der Waals surface area contributed by atoms with Gasteiger partial charge in [0.05, 0.1) is 0 Å². The monoisotopic (exact) mass is 277 g/mol. The second-order valence-corrected chi connectivity index (χ2v) is 3.76. The highest BCUT2D eigenvalue weighted by atomic mass is 127. The van der Waals surface area contributed by atoms with E-state index in [1.54, 1.807) is 0 Å². The molecule has 1 aromatic carbocycles. The highest BCUT2D eigenvalue weighted by molar-refractivity contribution is 14.1. The van der Waals surface area contributed by atoms with Crippen molar-refractivity contribution in [3.05, 3.63) is 27.8 Å². The van der Waals surface area contributed by atoms with Crippen LogP contribution in [0.3, 0.4) is 0 Å². The van der Waals surface area contributed by atoms with E-state index in [2.05, 4.69) is 22.6 Å². The molecule has 0 bridgehead atoms. The molecule has 0 aliphatic heterocycles. The fraction of sp³-hybridized carbons (Fsp3) is 0.333. The molecule has 0 fully saturated rings. The summed E-state index contributed by atoms with van der Waals surface area (Å²) in [5.41, 5.74) is 5.62. The van der Waals surface area contributed by atoms with Crippen LogP contribution in [0.2, 0.25) is 0 Å². The zero-order chi connectivity index (χ0) is 8.97. The highest BCUT2D eigenvalue weighted by Gasteiger charge is 1.99. The van der Waals surface area contributed by atoms with Crippen LogP contribution in [0.15, 0.2) is 24.3 Å². The molecule has 0 aromatic heterocycles. The van der Waals surface area contributed by atoms with Crippen molar-refractivity contribution in [3.63, 3.8) is 0 Å². The van der Waals surface area contributed by atoms with Gasteiger partial charge in [0.15, 0.2) is 0 Å². The van der Waals surface area contributed by atoms with Gasteiger partial charge in [-0.3, -0.25) is 5.73 Å². The van der Waals surface area contributed by atoms with Gasteiger partial charge >= 0.3 is 0 Å². The van der Waals surface area contributed by atoms with Gasteiger partial charge in [0.25, 0.3) is 0 Å². The van der Waals surface area contributed by atoms with Crippen molar-refractivity contribution in [2.24, 2.45) is 5.73 Å². The van der Waals surface area contributed by atoms with E-state index in [0.29, 0.717) is 0 Å². The lowest BCUT2D eigenvalue weighted by Crippen LogP contribution is -2.25. The second-order valence-electron chi connectivity index (χ2n) is 2.52. The van der Waals surface area contributed by atoms with Gasteiger partial charge in [0.1, 0.15) is 12.0 Å². The molecule has 0 spiro atoms. The van der Waals surface area contributed by atoms with Crippen LogP contribution < -0.4 is 10.5 Å². The number of hydrogen-bond donors (Lipinski definition) is 1.